The molecule has 202 valence electrons. The van der Waals surface area contributed by atoms with Gasteiger partial charge < -0.3 is 29.9 Å². The highest BCUT2D eigenvalue weighted by Crippen LogP contribution is 2.33. The molecule has 10 nitrogen and oxygen atoms in total. The summed E-state index contributed by atoms with van der Waals surface area (Å²) in [5.41, 5.74) is 1.17. The van der Waals surface area contributed by atoms with Crippen LogP contribution in [-0.4, -0.2) is 85.5 Å². The molecule has 0 unspecified atom stereocenters. The van der Waals surface area contributed by atoms with E-state index in [9.17, 15) is 9.59 Å². The zero-order valence-corrected chi connectivity index (χ0v) is 22.9. The standard InChI is InChI=1S/C27H40N6O4/c1-26(2,3)23-18-21(31(4)30-23)24(34)29-27(9-11-28-12-10-27)25(35)33-15-13-32(14-16-33)20-8-7-19(36-5)17-22(20)37-6/h7-8,17-18,28H,9-16H2,1-6H3,(H,29,34). The van der Waals surface area contributed by atoms with Crippen LogP contribution in [0.2, 0.25) is 0 Å². The van der Waals surface area contributed by atoms with Gasteiger partial charge >= 0.3 is 0 Å². The first kappa shape index (κ1) is 26.8. The molecule has 37 heavy (non-hydrogen) atoms. The maximum Gasteiger partial charge on any atom is 0.270 e. The zero-order chi connectivity index (χ0) is 26.8. The number of aryl methyl sites for hydroxylation is 1. The lowest BCUT2D eigenvalue weighted by atomic mass is 9.86. The van der Waals surface area contributed by atoms with Crippen LogP contribution in [0.3, 0.4) is 0 Å². The van der Waals surface area contributed by atoms with E-state index in [4.69, 9.17) is 9.47 Å². The second-order valence-electron chi connectivity index (χ2n) is 10.9. The summed E-state index contributed by atoms with van der Waals surface area (Å²) in [4.78, 5) is 31.5. The van der Waals surface area contributed by atoms with Gasteiger partial charge in [0.15, 0.2) is 0 Å². The van der Waals surface area contributed by atoms with Gasteiger partial charge in [0.05, 0.1) is 25.6 Å². The van der Waals surface area contributed by atoms with Crippen molar-refractivity contribution in [3.8, 4) is 11.5 Å². The number of ether oxygens (including phenoxy) is 2. The van der Waals surface area contributed by atoms with Gasteiger partial charge in [0.2, 0.25) is 5.91 Å². The number of aromatic nitrogens is 2. The molecule has 2 fully saturated rings. The van der Waals surface area contributed by atoms with Crippen LogP contribution in [0, 0.1) is 0 Å². The first-order chi connectivity index (χ1) is 17.6. The van der Waals surface area contributed by atoms with Crippen molar-refractivity contribution in [2.45, 2.75) is 44.6 Å². The molecule has 3 heterocycles. The Balaban J connectivity index is 1.49. The van der Waals surface area contributed by atoms with Gasteiger partial charge in [0.25, 0.3) is 5.91 Å². The molecule has 2 aliphatic rings. The Bertz CT molecular complexity index is 1120. The fourth-order valence-electron chi connectivity index (χ4n) is 5.07. The third-order valence-electron chi connectivity index (χ3n) is 7.39. The number of nitrogens with zero attached hydrogens (tertiary/aromatic N) is 4. The fourth-order valence-corrected chi connectivity index (χ4v) is 5.07. The molecule has 0 bridgehead atoms. The molecule has 0 saturated carbocycles. The van der Waals surface area contributed by atoms with Gasteiger partial charge in [-0.15, -0.1) is 0 Å². The summed E-state index contributed by atoms with van der Waals surface area (Å²) < 4.78 is 12.5. The smallest absolute Gasteiger partial charge is 0.270 e. The number of nitrogens with one attached hydrogen (secondary N) is 2. The van der Waals surface area contributed by atoms with Crippen molar-refractivity contribution < 1.29 is 19.1 Å². The number of anilines is 1. The summed E-state index contributed by atoms with van der Waals surface area (Å²) in [7, 11) is 5.05. The Labute approximate surface area is 219 Å². The average Bonchev–Trinajstić information content (AvgIpc) is 3.31. The van der Waals surface area contributed by atoms with Gasteiger partial charge in [-0.1, -0.05) is 20.8 Å². The summed E-state index contributed by atoms with van der Waals surface area (Å²) in [5.74, 6) is 1.21. The molecule has 2 N–H and O–H groups in total. The highest BCUT2D eigenvalue weighted by Gasteiger charge is 2.44. The lowest BCUT2D eigenvalue weighted by molar-refractivity contribution is -0.139. The number of hydrogen-bond donors (Lipinski definition) is 2. The van der Waals surface area contributed by atoms with Crippen molar-refractivity contribution in [2.24, 2.45) is 7.05 Å². The third kappa shape index (κ3) is 5.53. The molecule has 0 radical (unpaired) electrons. The SMILES string of the molecule is COc1ccc(N2CCN(C(=O)C3(NC(=O)c4cc(C(C)(C)C)nn4C)CCNCC3)CC2)c(OC)c1. The van der Waals surface area contributed by atoms with Gasteiger partial charge in [-0.2, -0.15) is 5.10 Å². The minimum absolute atomic E-state index is 0.0121. The molecule has 2 saturated heterocycles. The van der Waals surface area contributed by atoms with Crippen molar-refractivity contribution in [2.75, 3.05) is 58.4 Å². The number of benzene rings is 1. The van der Waals surface area contributed by atoms with Crippen LogP contribution in [0.1, 0.15) is 49.8 Å². The first-order valence-electron chi connectivity index (χ1n) is 12.9. The third-order valence-corrected chi connectivity index (χ3v) is 7.39. The number of carbonyl (C=O) groups is 2. The second-order valence-corrected chi connectivity index (χ2v) is 10.9. The van der Waals surface area contributed by atoms with Gasteiger partial charge in [-0.3, -0.25) is 14.3 Å². The van der Waals surface area contributed by atoms with Gasteiger partial charge in [0.1, 0.15) is 22.7 Å². The van der Waals surface area contributed by atoms with E-state index in [1.807, 2.05) is 29.2 Å². The Morgan fingerprint density at radius 1 is 1.03 bits per heavy atom. The van der Waals surface area contributed by atoms with Crippen molar-refractivity contribution >= 4 is 17.5 Å². The van der Waals surface area contributed by atoms with Crippen LogP contribution in [0.25, 0.3) is 0 Å². The predicted molar refractivity (Wildman–Crippen MR) is 143 cm³/mol. The number of carbonyl (C=O) groups excluding carboxylic acids is 2. The normalized spacial score (nSPS) is 17.9. The van der Waals surface area contributed by atoms with Crippen LogP contribution >= 0.6 is 0 Å². The van der Waals surface area contributed by atoms with Crippen molar-refractivity contribution in [1.82, 2.24) is 25.3 Å². The number of piperidine rings is 1. The zero-order valence-electron chi connectivity index (χ0n) is 22.9. The van der Waals surface area contributed by atoms with E-state index in [2.05, 4.69) is 41.4 Å². The molecule has 2 amide bonds. The van der Waals surface area contributed by atoms with E-state index < -0.39 is 5.54 Å². The monoisotopic (exact) mass is 512 g/mol. The number of hydrogen-bond acceptors (Lipinski definition) is 7. The summed E-state index contributed by atoms with van der Waals surface area (Å²) in [6, 6.07) is 7.60. The Kier molecular flexibility index (Phi) is 7.68. The second kappa shape index (κ2) is 10.6. The molecular weight excluding hydrogens is 472 g/mol. The molecule has 2 aromatic rings. The number of amides is 2. The summed E-state index contributed by atoms with van der Waals surface area (Å²) in [6.45, 7) is 10.0. The number of methoxy groups -OCH3 is 2. The van der Waals surface area contributed by atoms with Crippen LogP contribution in [0.4, 0.5) is 5.69 Å². The lowest BCUT2D eigenvalue weighted by Crippen LogP contribution is -2.65. The predicted octanol–water partition coefficient (Wildman–Crippen LogP) is 1.94. The maximum absolute atomic E-state index is 13.9. The molecule has 0 atom stereocenters. The van der Waals surface area contributed by atoms with E-state index in [1.165, 1.54) is 0 Å². The topological polar surface area (TPSA) is 101 Å². The largest absolute Gasteiger partial charge is 0.497 e. The van der Waals surface area contributed by atoms with E-state index >= 15 is 0 Å². The fraction of sp³-hybridized carbons (Fsp3) is 0.593. The molecule has 2 aliphatic heterocycles. The summed E-state index contributed by atoms with van der Waals surface area (Å²) >= 11 is 0. The molecule has 1 aromatic heterocycles. The van der Waals surface area contributed by atoms with Crippen molar-refractivity contribution in [3.05, 3.63) is 35.7 Å². The molecule has 1 aromatic carbocycles. The van der Waals surface area contributed by atoms with Gasteiger partial charge in [-0.25, -0.2) is 0 Å². The van der Waals surface area contributed by atoms with Gasteiger partial charge in [0, 0.05) is 44.7 Å². The van der Waals surface area contributed by atoms with Crippen LogP contribution in [0.15, 0.2) is 24.3 Å². The van der Waals surface area contributed by atoms with E-state index in [1.54, 1.807) is 25.9 Å². The molecular formula is C27H40N6O4. The van der Waals surface area contributed by atoms with E-state index in [-0.39, 0.29) is 17.2 Å². The number of piperazine rings is 1. The van der Waals surface area contributed by atoms with Crippen LogP contribution < -0.4 is 25.0 Å². The molecule has 0 aliphatic carbocycles. The highest BCUT2D eigenvalue weighted by molar-refractivity contribution is 5.98. The number of rotatable bonds is 6. The quantitative estimate of drug-likeness (QED) is 0.610. The highest BCUT2D eigenvalue weighted by atomic mass is 16.5. The Morgan fingerprint density at radius 3 is 2.27 bits per heavy atom. The lowest BCUT2D eigenvalue weighted by Gasteiger charge is -2.43. The van der Waals surface area contributed by atoms with Crippen LogP contribution in [-0.2, 0) is 17.3 Å². The summed E-state index contributed by atoms with van der Waals surface area (Å²) in [6.07, 6.45) is 1.10. The van der Waals surface area contributed by atoms with E-state index in [0.29, 0.717) is 57.8 Å². The molecule has 0 spiro atoms. The van der Waals surface area contributed by atoms with Crippen LogP contribution in [0.5, 0.6) is 11.5 Å². The summed E-state index contributed by atoms with van der Waals surface area (Å²) in [5, 5.41) is 11.0. The van der Waals surface area contributed by atoms with Crippen molar-refractivity contribution in [3.63, 3.8) is 0 Å². The average molecular weight is 513 g/mol. The van der Waals surface area contributed by atoms with Crippen molar-refractivity contribution in [1.29, 1.82) is 0 Å². The minimum Gasteiger partial charge on any atom is -0.497 e. The van der Waals surface area contributed by atoms with Gasteiger partial charge in [-0.05, 0) is 44.1 Å². The molecule has 4 rings (SSSR count). The Hall–Kier alpha value is -3.27. The molecule has 10 heteroatoms. The maximum atomic E-state index is 13.9. The minimum atomic E-state index is -0.936. The Morgan fingerprint density at radius 2 is 1.70 bits per heavy atom. The van der Waals surface area contributed by atoms with E-state index in [0.717, 1.165) is 22.9 Å². The first-order valence-corrected chi connectivity index (χ1v) is 12.9.